The van der Waals surface area contributed by atoms with Crippen LogP contribution in [0.5, 0.6) is 0 Å². The molecule has 3 heterocycles. The Hall–Kier alpha value is -3.03. The molecule has 1 aromatic carbocycles. The van der Waals surface area contributed by atoms with Crippen LogP contribution in [0, 0.1) is 11.7 Å². The Morgan fingerprint density at radius 1 is 1.25 bits per heavy atom. The summed E-state index contributed by atoms with van der Waals surface area (Å²) in [7, 11) is 0. The number of amides is 1. The van der Waals surface area contributed by atoms with Crippen molar-refractivity contribution >= 4 is 17.4 Å². The molecule has 146 valence electrons. The molecule has 0 spiro atoms. The van der Waals surface area contributed by atoms with E-state index >= 15 is 0 Å². The third kappa shape index (κ3) is 3.81. The van der Waals surface area contributed by atoms with Gasteiger partial charge in [-0.25, -0.2) is 4.39 Å². The maximum absolute atomic E-state index is 13.4. The Labute approximate surface area is 162 Å². The molecule has 2 aromatic heterocycles. The van der Waals surface area contributed by atoms with Crippen LogP contribution in [0.15, 0.2) is 42.7 Å². The monoisotopic (exact) mass is 382 g/mol. The van der Waals surface area contributed by atoms with Crippen LogP contribution in [0.4, 0.5) is 10.2 Å². The molecule has 7 nitrogen and oxygen atoms in total. The van der Waals surface area contributed by atoms with Crippen LogP contribution in [0.2, 0.25) is 0 Å². The number of fused-ring (bicyclic) bond motifs is 1. The van der Waals surface area contributed by atoms with Crippen molar-refractivity contribution in [3.8, 4) is 0 Å². The first-order valence-electron chi connectivity index (χ1n) is 9.59. The van der Waals surface area contributed by atoms with Crippen molar-refractivity contribution in [3.05, 3.63) is 54.1 Å². The zero-order chi connectivity index (χ0) is 19.5. The lowest BCUT2D eigenvalue weighted by Crippen LogP contribution is -2.42. The number of carbonyl (C=O) groups excluding carboxylic acids is 1. The molecule has 0 aliphatic carbocycles. The summed E-state index contributed by atoms with van der Waals surface area (Å²) in [5.41, 5.74) is 1.53. The van der Waals surface area contributed by atoms with Gasteiger partial charge in [-0.15, -0.1) is 15.3 Å². The third-order valence-electron chi connectivity index (χ3n) is 5.27. The molecule has 1 aliphatic heterocycles. The fourth-order valence-corrected chi connectivity index (χ4v) is 3.70. The number of rotatable bonds is 5. The van der Waals surface area contributed by atoms with E-state index in [0.717, 1.165) is 37.3 Å². The van der Waals surface area contributed by atoms with Gasteiger partial charge in [0.05, 0.1) is 0 Å². The molecule has 0 N–H and O–H groups in total. The highest BCUT2D eigenvalue weighted by Crippen LogP contribution is 2.24. The van der Waals surface area contributed by atoms with Gasteiger partial charge in [0, 0.05) is 32.1 Å². The van der Waals surface area contributed by atoms with E-state index in [-0.39, 0.29) is 17.6 Å². The number of carbonyl (C=O) groups is 1. The van der Waals surface area contributed by atoms with Gasteiger partial charge in [-0.3, -0.25) is 4.79 Å². The quantitative estimate of drug-likeness (QED) is 0.678. The first-order chi connectivity index (χ1) is 13.6. The molecule has 8 heteroatoms. The number of halogens is 1. The molecule has 1 amide bonds. The van der Waals surface area contributed by atoms with Crippen LogP contribution in [0.3, 0.4) is 0 Å². The molecule has 1 fully saturated rings. The van der Waals surface area contributed by atoms with Crippen molar-refractivity contribution in [3.63, 3.8) is 0 Å². The maximum atomic E-state index is 13.4. The van der Waals surface area contributed by atoms with Gasteiger partial charge in [-0.05, 0) is 49.6 Å². The molecule has 0 atom stereocenters. The van der Waals surface area contributed by atoms with E-state index in [1.807, 2.05) is 30.0 Å². The molecule has 0 saturated carbocycles. The summed E-state index contributed by atoms with van der Waals surface area (Å²) < 4.78 is 15.1. The Kier molecular flexibility index (Phi) is 5.18. The van der Waals surface area contributed by atoms with Gasteiger partial charge in [0.2, 0.25) is 5.91 Å². The second-order valence-electron chi connectivity index (χ2n) is 7.07. The molecule has 3 aromatic rings. The van der Waals surface area contributed by atoms with Crippen molar-refractivity contribution < 1.29 is 9.18 Å². The van der Waals surface area contributed by atoms with Crippen LogP contribution < -0.4 is 4.90 Å². The molecular weight excluding hydrogens is 359 g/mol. The molecule has 1 aliphatic rings. The standard InChI is InChI=1S/C20H23FN6O/c1-2-25(13-15-4-3-5-17(21)12-15)20(28)16-8-10-26(11-9-16)19-7-6-18-23-22-14-27(18)24-19/h3-7,12,14,16H,2,8-11,13H2,1H3. The topological polar surface area (TPSA) is 66.6 Å². The van der Waals surface area contributed by atoms with E-state index in [4.69, 9.17) is 0 Å². The number of anilines is 1. The molecule has 0 bridgehead atoms. The minimum Gasteiger partial charge on any atom is -0.355 e. The lowest BCUT2D eigenvalue weighted by Gasteiger charge is -2.34. The average molecular weight is 382 g/mol. The van der Waals surface area contributed by atoms with Crippen LogP contribution in [-0.4, -0.2) is 50.3 Å². The Morgan fingerprint density at radius 3 is 2.82 bits per heavy atom. The SMILES string of the molecule is CCN(Cc1cccc(F)c1)C(=O)C1CCN(c2ccc3nncn3n2)CC1. The number of aromatic nitrogens is 4. The van der Waals surface area contributed by atoms with Crippen molar-refractivity contribution in [2.45, 2.75) is 26.3 Å². The molecule has 28 heavy (non-hydrogen) atoms. The summed E-state index contributed by atoms with van der Waals surface area (Å²) >= 11 is 0. The van der Waals surface area contributed by atoms with Gasteiger partial charge < -0.3 is 9.80 Å². The van der Waals surface area contributed by atoms with Gasteiger partial charge in [0.25, 0.3) is 0 Å². The summed E-state index contributed by atoms with van der Waals surface area (Å²) in [6.07, 6.45) is 3.14. The summed E-state index contributed by atoms with van der Waals surface area (Å²) in [4.78, 5) is 17.0. The number of hydrogen-bond donors (Lipinski definition) is 0. The maximum Gasteiger partial charge on any atom is 0.226 e. The number of nitrogens with zero attached hydrogens (tertiary/aromatic N) is 6. The second-order valence-corrected chi connectivity index (χ2v) is 7.07. The fourth-order valence-electron chi connectivity index (χ4n) is 3.70. The van der Waals surface area contributed by atoms with Gasteiger partial charge in [-0.1, -0.05) is 12.1 Å². The van der Waals surface area contributed by atoms with Crippen LogP contribution in [-0.2, 0) is 11.3 Å². The zero-order valence-corrected chi connectivity index (χ0v) is 15.8. The Bertz CT molecular complexity index is 966. The van der Waals surface area contributed by atoms with E-state index in [0.29, 0.717) is 18.7 Å². The number of hydrogen-bond acceptors (Lipinski definition) is 5. The summed E-state index contributed by atoms with van der Waals surface area (Å²) in [5.74, 6) is 0.731. The van der Waals surface area contributed by atoms with Crippen molar-refractivity contribution in [1.29, 1.82) is 0 Å². The average Bonchev–Trinajstić information content (AvgIpc) is 3.19. The van der Waals surface area contributed by atoms with Crippen molar-refractivity contribution in [1.82, 2.24) is 24.7 Å². The molecule has 1 saturated heterocycles. The van der Waals surface area contributed by atoms with Gasteiger partial charge in [0.1, 0.15) is 18.0 Å². The van der Waals surface area contributed by atoms with E-state index in [1.54, 1.807) is 16.9 Å². The predicted octanol–water partition coefficient (Wildman–Crippen LogP) is 2.53. The van der Waals surface area contributed by atoms with Gasteiger partial charge in [-0.2, -0.15) is 4.52 Å². The van der Waals surface area contributed by atoms with E-state index < -0.39 is 0 Å². The lowest BCUT2D eigenvalue weighted by atomic mass is 9.95. The Balaban J connectivity index is 1.38. The first kappa shape index (κ1) is 18.3. The number of piperidine rings is 1. The minimum absolute atomic E-state index is 0.0107. The van der Waals surface area contributed by atoms with Gasteiger partial charge >= 0.3 is 0 Å². The summed E-state index contributed by atoms with van der Waals surface area (Å²) in [5, 5.41) is 12.3. The van der Waals surface area contributed by atoms with E-state index in [2.05, 4.69) is 20.2 Å². The fraction of sp³-hybridized carbons (Fsp3) is 0.400. The van der Waals surface area contributed by atoms with Crippen LogP contribution in [0.1, 0.15) is 25.3 Å². The third-order valence-corrected chi connectivity index (χ3v) is 5.27. The van der Waals surface area contributed by atoms with E-state index in [1.165, 1.54) is 12.1 Å². The highest BCUT2D eigenvalue weighted by Gasteiger charge is 2.28. The largest absolute Gasteiger partial charge is 0.355 e. The normalized spacial score (nSPS) is 15.1. The summed E-state index contributed by atoms with van der Waals surface area (Å²) in [6.45, 7) is 4.56. The second kappa shape index (κ2) is 7.92. The predicted molar refractivity (Wildman–Crippen MR) is 103 cm³/mol. The minimum atomic E-state index is -0.271. The molecular formula is C20H23FN6O. The Morgan fingerprint density at radius 2 is 2.07 bits per heavy atom. The smallest absolute Gasteiger partial charge is 0.226 e. The lowest BCUT2D eigenvalue weighted by molar-refractivity contribution is -0.136. The highest BCUT2D eigenvalue weighted by molar-refractivity contribution is 5.79. The molecule has 0 unspecified atom stereocenters. The van der Waals surface area contributed by atoms with Crippen molar-refractivity contribution in [2.75, 3.05) is 24.5 Å². The summed E-state index contributed by atoms with van der Waals surface area (Å²) in [6, 6.07) is 10.3. The zero-order valence-electron chi connectivity index (χ0n) is 15.8. The first-order valence-corrected chi connectivity index (χ1v) is 9.59. The molecule has 4 rings (SSSR count). The highest BCUT2D eigenvalue weighted by atomic mass is 19.1. The van der Waals surface area contributed by atoms with Crippen LogP contribution >= 0.6 is 0 Å². The van der Waals surface area contributed by atoms with Gasteiger partial charge in [0.15, 0.2) is 5.65 Å². The van der Waals surface area contributed by atoms with E-state index in [9.17, 15) is 9.18 Å². The van der Waals surface area contributed by atoms with Crippen LogP contribution in [0.25, 0.3) is 5.65 Å². The number of benzene rings is 1. The van der Waals surface area contributed by atoms with Crippen molar-refractivity contribution in [2.24, 2.45) is 5.92 Å². The molecule has 0 radical (unpaired) electrons.